The summed E-state index contributed by atoms with van der Waals surface area (Å²) in [6, 6.07) is 2.81. The highest BCUT2D eigenvalue weighted by Gasteiger charge is 2.29. The van der Waals surface area contributed by atoms with Gasteiger partial charge in [-0.3, -0.25) is 0 Å². The molecule has 1 heterocycles. The fourth-order valence-corrected chi connectivity index (χ4v) is 4.32. The zero-order valence-corrected chi connectivity index (χ0v) is 16.0. The normalized spacial score (nSPS) is 16.8. The van der Waals surface area contributed by atoms with Crippen molar-refractivity contribution in [1.29, 1.82) is 0 Å². The van der Waals surface area contributed by atoms with Crippen LogP contribution in [0.3, 0.4) is 0 Å². The van der Waals surface area contributed by atoms with Crippen molar-refractivity contribution in [3.8, 4) is 0 Å². The van der Waals surface area contributed by atoms with Crippen molar-refractivity contribution in [2.45, 2.75) is 50.2 Å². The summed E-state index contributed by atoms with van der Waals surface area (Å²) in [7, 11) is -3.86. The average Bonchev–Trinajstić information content (AvgIpc) is 2.45. The zero-order chi connectivity index (χ0) is 18.8. The fourth-order valence-electron chi connectivity index (χ4n) is 2.48. The largest absolute Gasteiger partial charge is 0.444 e. The lowest BCUT2D eigenvalue weighted by molar-refractivity contribution is 0.0203. The minimum Gasteiger partial charge on any atom is -0.444 e. The Labute approximate surface area is 152 Å². The standard InChI is InChI=1S/C16H22ClFN2O4S/c1-16(2,3)24-15(21)20-8-6-12(7-9-20)19-25(22,23)14-5-4-11(18)10-13(14)17/h4-5,10,12,19H,6-9H2,1-3H3. The second-order valence-electron chi connectivity index (χ2n) is 6.94. The minimum atomic E-state index is -3.86. The van der Waals surface area contributed by atoms with Gasteiger partial charge in [0.15, 0.2) is 0 Å². The number of nitrogens with zero attached hydrogens (tertiary/aromatic N) is 1. The Kier molecular flexibility index (Phi) is 5.96. The summed E-state index contributed by atoms with van der Waals surface area (Å²) >= 11 is 5.83. The van der Waals surface area contributed by atoms with Crippen LogP contribution in [0.4, 0.5) is 9.18 Å². The van der Waals surface area contributed by atoms with E-state index in [0.717, 1.165) is 18.2 Å². The third kappa shape index (κ3) is 5.55. The number of carbonyl (C=O) groups is 1. The highest BCUT2D eigenvalue weighted by molar-refractivity contribution is 7.89. The monoisotopic (exact) mass is 392 g/mol. The third-order valence-corrected chi connectivity index (χ3v) is 5.66. The number of ether oxygens (including phenoxy) is 1. The summed E-state index contributed by atoms with van der Waals surface area (Å²) in [5.41, 5.74) is -0.575. The Hall–Kier alpha value is -1.38. The Balaban J connectivity index is 1.96. The average molecular weight is 393 g/mol. The topological polar surface area (TPSA) is 75.7 Å². The molecule has 0 bridgehead atoms. The lowest BCUT2D eigenvalue weighted by atomic mass is 10.1. The lowest BCUT2D eigenvalue weighted by Gasteiger charge is -2.33. The molecule has 0 aromatic heterocycles. The first-order valence-corrected chi connectivity index (χ1v) is 9.79. The van der Waals surface area contributed by atoms with Crippen LogP contribution in [0.2, 0.25) is 5.02 Å². The summed E-state index contributed by atoms with van der Waals surface area (Å²) in [6.45, 7) is 6.15. The van der Waals surface area contributed by atoms with Crippen molar-refractivity contribution >= 4 is 27.7 Å². The van der Waals surface area contributed by atoms with E-state index in [-0.39, 0.29) is 16.0 Å². The van der Waals surface area contributed by atoms with Crippen molar-refractivity contribution in [3.63, 3.8) is 0 Å². The fraction of sp³-hybridized carbons (Fsp3) is 0.562. The van der Waals surface area contributed by atoms with Gasteiger partial charge in [-0.15, -0.1) is 0 Å². The second kappa shape index (κ2) is 7.47. The van der Waals surface area contributed by atoms with Gasteiger partial charge in [-0.1, -0.05) is 11.6 Å². The number of sulfonamides is 1. The molecule has 1 saturated heterocycles. The number of halogens is 2. The van der Waals surface area contributed by atoms with Crippen molar-refractivity contribution in [2.75, 3.05) is 13.1 Å². The van der Waals surface area contributed by atoms with Crippen LogP contribution in [-0.4, -0.2) is 44.1 Å². The van der Waals surface area contributed by atoms with Crippen LogP contribution in [0.5, 0.6) is 0 Å². The van der Waals surface area contributed by atoms with Gasteiger partial charge >= 0.3 is 6.09 Å². The molecule has 0 radical (unpaired) electrons. The van der Waals surface area contributed by atoms with Crippen LogP contribution in [0.25, 0.3) is 0 Å². The molecule has 0 unspecified atom stereocenters. The van der Waals surface area contributed by atoms with Gasteiger partial charge < -0.3 is 9.64 Å². The molecule has 1 aliphatic heterocycles. The van der Waals surface area contributed by atoms with Gasteiger partial charge in [0, 0.05) is 19.1 Å². The number of benzene rings is 1. The molecule has 0 saturated carbocycles. The van der Waals surface area contributed by atoms with Crippen molar-refractivity contribution < 1.29 is 22.3 Å². The summed E-state index contributed by atoms with van der Waals surface area (Å²) in [5, 5.41) is -0.168. The summed E-state index contributed by atoms with van der Waals surface area (Å²) in [6.07, 6.45) is 0.504. The maximum Gasteiger partial charge on any atom is 0.410 e. The molecular weight excluding hydrogens is 371 g/mol. The van der Waals surface area contributed by atoms with Gasteiger partial charge in [-0.2, -0.15) is 0 Å². The van der Waals surface area contributed by atoms with E-state index < -0.39 is 27.5 Å². The van der Waals surface area contributed by atoms with Crippen LogP contribution in [0, 0.1) is 5.82 Å². The molecule has 1 aliphatic rings. The van der Waals surface area contributed by atoms with Crippen LogP contribution in [0.1, 0.15) is 33.6 Å². The van der Waals surface area contributed by atoms with E-state index in [9.17, 15) is 17.6 Å². The molecule has 1 fully saturated rings. The quantitative estimate of drug-likeness (QED) is 0.857. The highest BCUT2D eigenvalue weighted by Crippen LogP contribution is 2.23. The molecule has 140 valence electrons. The molecule has 0 aliphatic carbocycles. The summed E-state index contributed by atoms with van der Waals surface area (Å²) in [4.78, 5) is 13.4. The van der Waals surface area contributed by atoms with E-state index in [1.807, 2.05) is 0 Å². The number of rotatable bonds is 3. The predicted octanol–water partition coefficient (Wildman–Crippen LogP) is 3.16. The van der Waals surface area contributed by atoms with E-state index >= 15 is 0 Å². The maximum absolute atomic E-state index is 13.1. The summed E-state index contributed by atoms with van der Waals surface area (Å²) < 4.78 is 45.8. The maximum atomic E-state index is 13.1. The van der Waals surface area contributed by atoms with E-state index in [0.29, 0.717) is 25.9 Å². The van der Waals surface area contributed by atoms with Gasteiger partial charge in [0.25, 0.3) is 0 Å². The molecule has 1 amide bonds. The number of likely N-dealkylation sites (tertiary alicyclic amines) is 1. The van der Waals surface area contributed by atoms with Gasteiger partial charge in [-0.25, -0.2) is 22.3 Å². The molecule has 2 rings (SSSR count). The number of nitrogens with one attached hydrogen (secondary N) is 1. The minimum absolute atomic E-state index is 0.162. The SMILES string of the molecule is CC(C)(C)OC(=O)N1CCC(NS(=O)(=O)c2ccc(F)cc2Cl)CC1. The Morgan fingerprint density at radius 1 is 1.32 bits per heavy atom. The van der Waals surface area contributed by atoms with E-state index in [1.165, 1.54) is 0 Å². The Morgan fingerprint density at radius 2 is 1.92 bits per heavy atom. The number of piperidine rings is 1. The Morgan fingerprint density at radius 3 is 2.44 bits per heavy atom. The third-order valence-electron chi connectivity index (χ3n) is 3.65. The number of hydrogen-bond acceptors (Lipinski definition) is 4. The molecule has 1 aromatic carbocycles. The first kappa shape index (κ1) is 19.9. The molecule has 0 atom stereocenters. The first-order valence-electron chi connectivity index (χ1n) is 7.93. The van der Waals surface area contributed by atoms with E-state index in [2.05, 4.69) is 4.72 Å². The lowest BCUT2D eigenvalue weighted by Crippen LogP contribution is -2.47. The predicted molar refractivity (Wildman–Crippen MR) is 92.6 cm³/mol. The van der Waals surface area contributed by atoms with E-state index in [4.69, 9.17) is 16.3 Å². The van der Waals surface area contributed by atoms with Crippen LogP contribution >= 0.6 is 11.6 Å². The number of amides is 1. The van der Waals surface area contributed by atoms with Crippen molar-refractivity contribution in [1.82, 2.24) is 9.62 Å². The van der Waals surface area contributed by atoms with Crippen molar-refractivity contribution in [2.24, 2.45) is 0 Å². The van der Waals surface area contributed by atoms with Gasteiger partial charge in [0.1, 0.15) is 16.3 Å². The molecule has 0 spiro atoms. The highest BCUT2D eigenvalue weighted by atomic mass is 35.5. The number of hydrogen-bond donors (Lipinski definition) is 1. The zero-order valence-electron chi connectivity index (χ0n) is 14.4. The van der Waals surface area contributed by atoms with E-state index in [1.54, 1.807) is 25.7 Å². The molecule has 9 heteroatoms. The molecule has 25 heavy (non-hydrogen) atoms. The second-order valence-corrected chi connectivity index (χ2v) is 9.03. The van der Waals surface area contributed by atoms with Gasteiger partial charge in [0.2, 0.25) is 10.0 Å². The Bertz CT molecular complexity index is 741. The smallest absolute Gasteiger partial charge is 0.410 e. The molecule has 1 aromatic rings. The van der Waals surface area contributed by atoms with Gasteiger partial charge in [-0.05, 0) is 51.8 Å². The van der Waals surface area contributed by atoms with Crippen LogP contribution in [0.15, 0.2) is 23.1 Å². The molecule has 1 N–H and O–H groups in total. The first-order chi connectivity index (χ1) is 11.5. The van der Waals surface area contributed by atoms with Crippen molar-refractivity contribution in [3.05, 3.63) is 29.0 Å². The van der Waals surface area contributed by atoms with Gasteiger partial charge in [0.05, 0.1) is 5.02 Å². The summed E-state index contributed by atoms with van der Waals surface area (Å²) in [5.74, 6) is -0.602. The van der Waals surface area contributed by atoms with Crippen LogP contribution < -0.4 is 4.72 Å². The van der Waals surface area contributed by atoms with Crippen LogP contribution in [-0.2, 0) is 14.8 Å². The molecular formula is C16H22ClFN2O4S. The molecule has 6 nitrogen and oxygen atoms in total. The number of carbonyl (C=O) groups excluding carboxylic acids is 1.